The standard InChI is InChI=1S/C14H20O/c1-11-2-4-12(5-3-11)10-13-6-8-14(15)9-7-13/h2-5,13-15H,6-10H2,1H3. The van der Waals surface area contributed by atoms with Gasteiger partial charge in [-0.05, 0) is 50.5 Å². The number of hydrogen-bond donors (Lipinski definition) is 1. The molecule has 1 aromatic carbocycles. The first-order valence-corrected chi connectivity index (χ1v) is 5.97. The second-order valence-corrected chi connectivity index (χ2v) is 4.86. The summed E-state index contributed by atoms with van der Waals surface area (Å²) in [4.78, 5) is 0. The van der Waals surface area contributed by atoms with Crippen molar-refractivity contribution < 1.29 is 5.11 Å². The smallest absolute Gasteiger partial charge is 0.0540 e. The summed E-state index contributed by atoms with van der Waals surface area (Å²) in [5.74, 6) is 0.788. The number of benzene rings is 1. The molecule has 1 aromatic rings. The molecule has 2 rings (SSSR count). The van der Waals surface area contributed by atoms with E-state index >= 15 is 0 Å². The zero-order chi connectivity index (χ0) is 10.7. The summed E-state index contributed by atoms with van der Waals surface area (Å²) in [6.45, 7) is 2.13. The summed E-state index contributed by atoms with van der Waals surface area (Å²) in [6, 6.07) is 8.85. The lowest BCUT2D eigenvalue weighted by molar-refractivity contribution is 0.109. The second-order valence-electron chi connectivity index (χ2n) is 4.86. The van der Waals surface area contributed by atoms with E-state index in [4.69, 9.17) is 0 Å². The van der Waals surface area contributed by atoms with Gasteiger partial charge in [0.15, 0.2) is 0 Å². The van der Waals surface area contributed by atoms with Gasteiger partial charge in [0.2, 0.25) is 0 Å². The maximum atomic E-state index is 9.43. The largest absolute Gasteiger partial charge is 0.393 e. The van der Waals surface area contributed by atoms with Gasteiger partial charge in [-0.2, -0.15) is 0 Å². The zero-order valence-electron chi connectivity index (χ0n) is 9.45. The van der Waals surface area contributed by atoms with E-state index in [1.165, 1.54) is 30.4 Å². The molecule has 1 N–H and O–H groups in total. The van der Waals surface area contributed by atoms with Gasteiger partial charge in [-0.3, -0.25) is 0 Å². The van der Waals surface area contributed by atoms with Crippen molar-refractivity contribution in [2.75, 3.05) is 0 Å². The molecule has 0 atom stereocenters. The molecule has 0 spiro atoms. The molecule has 0 aromatic heterocycles. The Morgan fingerprint density at radius 1 is 1.07 bits per heavy atom. The Kier molecular flexibility index (Phi) is 3.42. The summed E-state index contributed by atoms with van der Waals surface area (Å²) in [5, 5.41) is 9.43. The van der Waals surface area contributed by atoms with Gasteiger partial charge in [-0.25, -0.2) is 0 Å². The zero-order valence-corrected chi connectivity index (χ0v) is 9.45. The van der Waals surface area contributed by atoms with Gasteiger partial charge in [-0.1, -0.05) is 29.8 Å². The Morgan fingerprint density at radius 2 is 1.67 bits per heavy atom. The van der Waals surface area contributed by atoms with Crippen molar-refractivity contribution in [3.05, 3.63) is 35.4 Å². The van der Waals surface area contributed by atoms with Crippen molar-refractivity contribution in [3.63, 3.8) is 0 Å². The molecule has 1 fully saturated rings. The van der Waals surface area contributed by atoms with E-state index in [-0.39, 0.29) is 6.10 Å². The minimum Gasteiger partial charge on any atom is -0.393 e. The predicted molar refractivity (Wildman–Crippen MR) is 62.8 cm³/mol. The highest BCUT2D eigenvalue weighted by Gasteiger charge is 2.19. The Morgan fingerprint density at radius 3 is 2.27 bits per heavy atom. The highest BCUT2D eigenvalue weighted by molar-refractivity contribution is 5.21. The summed E-state index contributed by atoms with van der Waals surface area (Å²) < 4.78 is 0. The molecule has 1 heteroatoms. The lowest BCUT2D eigenvalue weighted by atomic mass is 9.83. The molecule has 15 heavy (non-hydrogen) atoms. The van der Waals surface area contributed by atoms with Crippen LogP contribution in [0.25, 0.3) is 0 Å². The van der Waals surface area contributed by atoms with Crippen molar-refractivity contribution in [1.82, 2.24) is 0 Å². The van der Waals surface area contributed by atoms with Crippen LogP contribution in [0, 0.1) is 12.8 Å². The first-order valence-electron chi connectivity index (χ1n) is 5.97. The summed E-state index contributed by atoms with van der Waals surface area (Å²) in [5.41, 5.74) is 2.78. The fraction of sp³-hybridized carbons (Fsp3) is 0.571. The second kappa shape index (κ2) is 4.80. The van der Waals surface area contributed by atoms with Crippen molar-refractivity contribution >= 4 is 0 Å². The number of aliphatic hydroxyl groups excluding tert-OH is 1. The maximum Gasteiger partial charge on any atom is 0.0540 e. The molecule has 0 aliphatic heterocycles. The molecule has 0 amide bonds. The van der Waals surface area contributed by atoms with Crippen LogP contribution in [0.3, 0.4) is 0 Å². The normalized spacial score (nSPS) is 26.5. The minimum absolute atomic E-state index is 0.0285. The van der Waals surface area contributed by atoms with Crippen LogP contribution >= 0.6 is 0 Å². The van der Waals surface area contributed by atoms with Gasteiger partial charge < -0.3 is 5.11 Å². The van der Waals surface area contributed by atoms with Crippen LogP contribution in [0.5, 0.6) is 0 Å². The summed E-state index contributed by atoms with van der Waals surface area (Å²) in [6.07, 6.45) is 5.53. The molecule has 0 bridgehead atoms. The van der Waals surface area contributed by atoms with Crippen molar-refractivity contribution in [2.45, 2.75) is 45.1 Å². The van der Waals surface area contributed by atoms with E-state index in [1.54, 1.807) is 0 Å². The monoisotopic (exact) mass is 204 g/mol. The minimum atomic E-state index is -0.0285. The van der Waals surface area contributed by atoms with Gasteiger partial charge in [0, 0.05) is 0 Å². The van der Waals surface area contributed by atoms with E-state index in [1.807, 2.05) is 0 Å². The van der Waals surface area contributed by atoms with Crippen LogP contribution in [0.4, 0.5) is 0 Å². The molecule has 1 saturated carbocycles. The molecule has 0 unspecified atom stereocenters. The molecule has 0 radical (unpaired) electrons. The predicted octanol–water partition coefficient (Wildman–Crippen LogP) is 3.09. The first-order chi connectivity index (χ1) is 7.24. The van der Waals surface area contributed by atoms with Crippen molar-refractivity contribution in [2.24, 2.45) is 5.92 Å². The van der Waals surface area contributed by atoms with Gasteiger partial charge in [0.05, 0.1) is 6.10 Å². The Labute approximate surface area is 92.1 Å². The van der Waals surface area contributed by atoms with Gasteiger partial charge in [0.1, 0.15) is 0 Å². The number of hydrogen-bond acceptors (Lipinski definition) is 1. The van der Waals surface area contributed by atoms with E-state index in [2.05, 4.69) is 31.2 Å². The molecule has 1 aliphatic rings. The third-order valence-electron chi connectivity index (χ3n) is 3.46. The highest BCUT2D eigenvalue weighted by atomic mass is 16.3. The van der Waals surface area contributed by atoms with E-state index in [0.717, 1.165) is 18.8 Å². The number of aryl methyl sites for hydroxylation is 1. The van der Waals surface area contributed by atoms with E-state index in [9.17, 15) is 5.11 Å². The lowest BCUT2D eigenvalue weighted by Crippen LogP contribution is -2.19. The summed E-state index contributed by atoms with van der Waals surface area (Å²) >= 11 is 0. The molecular weight excluding hydrogens is 184 g/mol. The maximum absolute atomic E-state index is 9.43. The Hall–Kier alpha value is -0.820. The van der Waals surface area contributed by atoms with Gasteiger partial charge in [-0.15, -0.1) is 0 Å². The lowest BCUT2D eigenvalue weighted by Gasteiger charge is -2.25. The quantitative estimate of drug-likeness (QED) is 0.785. The topological polar surface area (TPSA) is 20.2 Å². The van der Waals surface area contributed by atoms with Crippen LogP contribution < -0.4 is 0 Å². The third kappa shape index (κ3) is 3.07. The van der Waals surface area contributed by atoms with Gasteiger partial charge in [0.25, 0.3) is 0 Å². The van der Waals surface area contributed by atoms with Crippen molar-refractivity contribution in [1.29, 1.82) is 0 Å². The first kappa shape index (κ1) is 10.7. The van der Waals surface area contributed by atoms with E-state index in [0.29, 0.717) is 0 Å². The average molecular weight is 204 g/mol. The summed E-state index contributed by atoms with van der Waals surface area (Å²) in [7, 11) is 0. The van der Waals surface area contributed by atoms with Crippen LogP contribution in [0.2, 0.25) is 0 Å². The molecular formula is C14H20O. The Balaban J connectivity index is 1.89. The Bertz CT molecular complexity index is 294. The van der Waals surface area contributed by atoms with Crippen molar-refractivity contribution in [3.8, 4) is 0 Å². The fourth-order valence-electron chi connectivity index (χ4n) is 2.41. The number of aliphatic hydroxyl groups is 1. The molecule has 0 heterocycles. The molecule has 0 saturated heterocycles. The fourth-order valence-corrected chi connectivity index (χ4v) is 2.41. The number of rotatable bonds is 2. The van der Waals surface area contributed by atoms with Crippen LogP contribution in [0.1, 0.15) is 36.8 Å². The third-order valence-corrected chi connectivity index (χ3v) is 3.46. The van der Waals surface area contributed by atoms with Crippen LogP contribution in [0.15, 0.2) is 24.3 Å². The van der Waals surface area contributed by atoms with Gasteiger partial charge >= 0.3 is 0 Å². The van der Waals surface area contributed by atoms with Crippen LogP contribution in [-0.2, 0) is 6.42 Å². The van der Waals surface area contributed by atoms with Crippen LogP contribution in [-0.4, -0.2) is 11.2 Å². The van der Waals surface area contributed by atoms with E-state index < -0.39 is 0 Å². The molecule has 82 valence electrons. The molecule has 1 nitrogen and oxygen atoms in total. The molecule has 1 aliphatic carbocycles. The average Bonchev–Trinajstić information content (AvgIpc) is 2.25. The highest BCUT2D eigenvalue weighted by Crippen LogP contribution is 2.27. The SMILES string of the molecule is Cc1ccc(CC2CCC(O)CC2)cc1.